The van der Waals surface area contributed by atoms with Crippen LogP contribution in [0.25, 0.3) is 0 Å². The Morgan fingerprint density at radius 3 is 2.61 bits per heavy atom. The number of carbonyl (C=O) groups is 1. The van der Waals surface area contributed by atoms with E-state index in [1.165, 1.54) is 5.56 Å². The molecule has 0 aliphatic carbocycles. The van der Waals surface area contributed by atoms with Crippen LogP contribution in [-0.4, -0.2) is 47.2 Å². The third-order valence-electron chi connectivity index (χ3n) is 4.16. The summed E-state index contributed by atoms with van der Waals surface area (Å²) in [5.74, 6) is 0. The van der Waals surface area contributed by atoms with E-state index < -0.39 is 5.60 Å². The predicted molar refractivity (Wildman–Crippen MR) is 96.5 cm³/mol. The Kier molecular flexibility index (Phi) is 5.74. The second kappa shape index (κ2) is 7.22. The smallest absolute Gasteiger partial charge is 0.410 e. The van der Waals surface area contributed by atoms with Gasteiger partial charge in [0.1, 0.15) is 5.60 Å². The first-order valence-electron chi connectivity index (χ1n) is 8.16. The van der Waals surface area contributed by atoms with E-state index in [0.29, 0.717) is 25.2 Å². The van der Waals surface area contributed by atoms with Gasteiger partial charge in [0, 0.05) is 36.2 Å². The number of rotatable bonds is 2. The molecule has 1 amide bonds. The van der Waals surface area contributed by atoms with E-state index in [0.717, 1.165) is 11.0 Å². The molecule has 0 radical (unpaired) electrons. The number of ether oxygens (including phenoxy) is 1. The van der Waals surface area contributed by atoms with Crippen LogP contribution in [0.2, 0.25) is 0 Å². The Morgan fingerprint density at radius 2 is 2.04 bits per heavy atom. The fourth-order valence-corrected chi connectivity index (χ4v) is 3.41. The summed E-state index contributed by atoms with van der Waals surface area (Å²) in [6.07, 6.45) is -0.209. The molecular formula is C18H27BrN2O2. The van der Waals surface area contributed by atoms with Crippen molar-refractivity contribution in [1.29, 1.82) is 0 Å². The standard InChI is InChI=1S/C18H27BrN2O2/c1-13-12-20(17(22)23-18(3,4)5)9-10-21(13)14(2)15-7-6-8-16(19)11-15/h6-8,11,13-14H,9-10,12H2,1-5H3. The van der Waals surface area contributed by atoms with Gasteiger partial charge in [-0.05, 0) is 52.3 Å². The van der Waals surface area contributed by atoms with Gasteiger partial charge in [0.2, 0.25) is 0 Å². The summed E-state index contributed by atoms with van der Waals surface area (Å²) < 4.78 is 6.58. The summed E-state index contributed by atoms with van der Waals surface area (Å²) in [5, 5.41) is 0. The van der Waals surface area contributed by atoms with E-state index in [1.807, 2.05) is 31.7 Å². The quantitative estimate of drug-likeness (QED) is 0.757. The molecule has 0 aromatic heterocycles. The van der Waals surface area contributed by atoms with E-state index in [-0.39, 0.29) is 6.09 Å². The fourth-order valence-electron chi connectivity index (χ4n) is 3.00. The van der Waals surface area contributed by atoms with Gasteiger partial charge in [-0.1, -0.05) is 28.1 Å². The number of carbonyl (C=O) groups excluding carboxylic acids is 1. The van der Waals surface area contributed by atoms with Gasteiger partial charge in [0.05, 0.1) is 0 Å². The van der Waals surface area contributed by atoms with Crippen molar-refractivity contribution in [1.82, 2.24) is 9.80 Å². The zero-order chi connectivity index (χ0) is 17.2. The average molecular weight is 383 g/mol. The minimum atomic E-state index is -0.443. The first-order chi connectivity index (χ1) is 10.7. The molecule has 1 aromatic carbocycles. The molecule has 1 fully saturated rings. The topological polar surface area (TPSA) is 32.8 Å². The van der Waals surface area contributed by atoms with Gasteiger partial charge < -0.3 is 9.64 Å². The second-order valence-corrected chi connectivity index (χ2v) is 8.16. The van der Waals surface area contributed by atoms with E-state index >= 15 is 0 Å². The van der Waals surface area contributed by atoms with E-state index in [9.17, 15) is 4.79 Å². The lowest BCUT2D eigenvalue weighted by Crippen LogP contribution is -2.54. The Bertz CT molecular complexity index is 556. The van der Waals surface area contributed by atoms with Gasteiger partial charge in [-0.3, -0.25) is 4.90 Å². The van der Waals surface area contributed by atoms with Crippen molar-refractivity contribution in [3.63, 3.8) is 0 Å². The molecule has 0 N–H and O–H groups in total. The molecule has 0 spiro atoms. The molecule has 4 nitrogen and oxygen atoms in total. The maximum Gasteiger partial charge on any atom is 0.410 e. The lowest BCUT2D eigenvalue weighted by molar-refractivity contribution is -0.000715. The molecule has 1 heterocycles. The van der Waals surface area contributed by atoms with Gasteiger partial charge in [-0.15, -0.1) is 0 Å². The number of hydrogen-bond donors (Lipinski definition) is 0. The van der Waals surface area contributed by atoms with Crippen molar-refractivity contribution in [3.8, 4) is 0 Å². The Morgan fingerprint density at radius 1 is 1.35 bits per heavy atom. The van der Waals surface area contributed by atoms with Gasteiger partial charge in [0.25, 0.3) is 0 Å². The molecule has 1 aliphatic rings. The van der Waals surface area contributed by atoms with Crippen LogP contribution in [0.3, 0.4) is 0 Å². The minimum absolute atomic E-state index is 0.209. The molecule has 128 valence electrons. The van der Waals surface area contributed by atoms with Gasteiger partial charge in [-0.25, -0.2) is 4.79 Å². The van der Waals surface area contributed by atoms with Crippen LogP contribution < -0.4 is 0 Å². The van der Waals surface area contributed by atoms with Gasteiger partial charge in [0.15, 0.2) is 0 Å². The first-order valence-corrected chi connectivity index (χ1v) is 8.96. The van der Waals surface area contributed by atoms with Crippen molar-refractivity contribution in [2.75, 3.05) is 19.6 Å². The van der Waals surface area contributed by atoms with Crippen molar-refractivity contribution in [2.45, 2.75) is 52.3 Å². The van der Waals surface area contributed by atoms with E-state index in [2.05, 4.69) is 52.9 Å². The molecule has 2 rings (SSSR count). The van der Waals surface area contributed by atoms with Crippen LogP contribution in [0.4, 0.5) is 4.79 Å². The molecule has 5 heteroatoms. The Labute approximate surface area is 147 Å². The molecule has 1 saturated heterocycles. The van der Waals surface area contributed by atoms with Crippen molar-refractivity contribution < 1.29 is 9.53 Å². The van der Waals surface area contributed by atoms with Gasteiger partial charge in [-0.2, -0.15) is 0 Å². The number of halogens is 1. The number of piperazine rings is 1. The predicted octanol–water partition coefficient (Wildman–Crippen LogP) is 4.45. The van der Waals surface area contributed by atoms with Crippen LogP contribution >= 0.6 is 15.9 Å². The largest absolute Gasteiger partial charge is 0.444 e. The molecule has 0 saturated carbocycles. The van der Waals surface area contributed by atoms with E-state index in [4.69, 9.17) is 4.74 Å². The highest BCUT2D eigenvalue weighted by Gasteiger charge is 2.32. The lowest BCUT2D eigenvalue weighted by Gasteiger charge is -2.43. The third kappa shape index (κ3) is 4.95. The molecule has 2 unspecified atom stereocenters. The van der Waals surface area contributed by atoms with E-state index in [1.54, 1.807) is 0 Å². The molecule has 2 atom stereocenters. The molecule has 0 bridgehead atoms. The SMILES string of the molecule is CC1CN(C(=O)OC(C)(C)C)CCN1C(C)c1cccc(Br)c1. The summed E-state index contributed by atoms with van der Waals surface area (Å²) in [7, 11) is 0. The van der Waals surface area contributed by atoms with Crippen LogP contribution in [0.1, 0.15) is 46.2 Å². The number of benzene rings is 1. The fraction of sp³-hybridized carbons (Fsp3) is 0.611. The zero-order valence-corrected chi connectivity index (χ0v) is 16.3. The van der Waals surface area contributed by atoms with Crippen LogP contribution in [-0.2, 0) is 4.74 Å². The molecular weight excluding hydrogens is 356 g/mol. The molecule has 1 aliphatic heterocycles. The molecule has 23 heavy (non-hydrogen) atoms. The lowest BCUT2D eigenvalue weighted by atomic mass is 10.0. The summed E-state index contributed by atoms with van der Waals surface area (Å²) in [4.78, 5) is 16.5. The second-order valence-electron chi connectivity index (χ2n) is 7.24. The number of hydrogen-bond acceptors (Lipinski definition) is 3. The highest BCUT2D eigenvalue weighted by molar-refractivity contribution is 9.10. The third-order valence-corrected chi connectivity index (χ3v) is 4.65. The van der Waals surface area contributed by atoms with Crippen LogP contribution in [0.15, 0.2) is 28.7 Å². The summed E-state index contributed by atoms with van der Waals surface area (Å²) in [5.41, 5.74) is 0.845. The van der Waals surface area contributed by atoms with Crippen LogP contribution in [0, 0.1) is 0 Å². The van der Waals surface area contributed by atoms with Crippen molar-refractivity contribution in [2.24, 2.45) is 0 Å². The average Bonchev–Trinajstić information content (AvgIpc) is 2.44. The van der Waals surface area contributed by atoms with Crippen molar-refractivity contribution in [3.05, 3.63) is 34.3 Å². The highest BCUT2D eigenvalue weighted by atomic mass is 79.9. The summed E-state index contributed by atoms with van der Waals surface area (Å²) >= 11 is 3.54. The number of nitrogens with zero attached hydrogens (tertiary/aromatic N) is 2. The zero-order valence-electron chi connectivity index (χ0n) is 14.7. The maximum atomic E-state index is 12.2. The minimum Gasteiger partial charge on any atom is -0.444 e. The van der Waals surface area contributed by atoms with Crippen LogP contribution in [0.5, 0.6) is 0 Å². The summed E-state index contributed by atoms with van der Waals surface area (Å²) in [6.45, 7) is 12.4. The Balaban J connectivity index is 2.00. The Hall–Kier alpha value is -1.07. The molecule has 1 aromatic rings. The van der Waals surface area contributed by atoms with Gasteiger partial charge >= 0.3 is 6.09 Å². The summed E-state index contributed by atoms with van der Waals surface area (Å²) in [6, 6.07) is 9.05. The monoisotopic (exact) mass is 382 g/mol. The maximum absolute atomic E-state index is 12.2. The van der Waals surface area contributed by atoms with Crippen molar-refractivity contribution >= 4 is 22.0 Å². The normalized spacial score (nSPS) is 21.1. The highest BCUT2D eigenvalue weighted by Crippen LogP contribution is 2.27. The first kappa shape index (κ1) is 18.3. The number of amides is 1.